The maximum atomic E-state index is 12.9. The van der Waals surface area contributed by atoms with Crippen molar-refractivity contribution in [2.24, 2.45) is 5.92 Å². The van der Waals surface area contributed by atoms with Crippen LogP contribution in [0.2, 0.25) is 5.02 Å². The number of amides is 1. The van der Waals surface area contributed by atoms with Gasteiger partial charge in [-0.3, -0.25) is 9.00 Å². The number of nitrogens with one attached hydrogen (secondary N) is 1. The molecular formula is C29H31ClF2N6O2S. The molecule has 3 aliphatic rings. The van der Waals surface area contributed by atoms with Gasteiger partial charge in [0.1, 0.15) is 5.54 Å². The highest BCUT2D eigenvalue weighted by Crippen LogP contribution is 2.38. The highest BCUT2D eigenvalue weighted by atomic mass is 35.5. The van der Waals surface area contributed by atoms with Gasteiger partial charge >= 0.3 is 0 Å². The van der Waals surface area contributed by atoms with Crippen molar-refractivity contribution in [1.29, 1.82) is 5.26 Å². The summed E-state index contributed by atoms with van der Waals surface area (Å²) in [6.07, 6.45) is 6.76. The van der Waals surface area contributed by atoms with Crippen LogP contribution in [0.4, 0.5) is 14.5 Å². The maximum absolute atomic E-state index is 12.9. The van der Waals surface area contributed by atoms with Gasteiger partial charge in [0.05, 0.1) is 17.3 Å². The Morgan fingerprint density at radius 1 is 1.02 bits per heavy atom. The molecule has 1 saturated heterocycles. The monoisotopic (exact) mass is 600 g/mol. The number of aromatic nitrogens is 3. The molecular weight excluding hydrogens is 570 g/mol. The summed E-state index contributed by atoms with van der Waals surface area (Å²) in [5.41, 5.74) is 2.62. The fourth-order valence-electron chi connectivity index (χ4n) is 4.89. The third kappa shape index (κ3) is 7.49. The quantitative estimate of drug-likeness (QED) is 0.435. The van der Waals surface area contributed by atoms with E-state index in [1.807, 2.05) is 18.5 Å². The van der Waals surface area contributed by atoms with Gasteiger partial charge in [-0.1, -0.05) is 23.7 Å². The molecule has 0 spiro atoms. The minimum absolute atomic E-state index is 0.218. The first-order valence-corrected chi connectivity index (χ1v) is 15.5. The molecule has 2 aliphatic carbocycles. The van der Waals surface area contributed by atoms with Crippen molar-refractivity contribution in [2.75, 3.05) is 29.5 Å². The van der Waals surface area contributed by atoms with Gasteiger partial charge in [-0.25, -0.2) is 18.4 Å². The minimum Gasteiger partial charge on any atom is -0.370 e. The maximum Gasteiger partial charge on any atom is 0.248 e. The molecule has 6 rings (SSSR count). The first-order chi connectivity index (χ1) is 19.7. The summed E-state index contributed by atoms with van der Waals surface area (Å²) in [6.45, 7) is 1.71. The van der Waals surface area contributed by atoms with E-state index >= 15 is 0 Å². The van der Waals surface area contributed by atoms with Crippen molar-refractivity contribution in [3.8, 4) is 23.0 Å². The van der Waals surface area contributed by atoms with Crippen LogP contribution in [0.5, 0.6) is 0 Å². The van der Waals surface area contributed by atoms with Crippen molar-refractivity contribution in [3.63, 3.8) is 0 Å². The van der Waals surface area contributed by atoms with Crippen molar-refractivity contribution in [2.45, 2.75) is 50.0 Å². The molecule has 2 aromatic heterocycles. The van der Waals surface area contributed by atoms with E-state index in [2.05, 4.69) is 50.6 Å². The molecule has 12 heteroatoms. The summed E-state index contributed by atoms with van der Waals surface area (Å²) in [5, 5.41) is 16.5. The molecule has 2 saturated carbocycles. The lowest BCUT2D eigenvalue weighted by Crippen LogP contribution is -2.42. The topological polar surface area (TPSA) is 104 Å². The Morgan fingerprint density at radius 3 is 2.29 bits per heavy atom. The lowest BCUT2D eigenvalue weighted by atomic mass is 9.86. The van der Waals surface area contributed by atoms with E-state index in [4.69, 9.17) is 16.9 Å². The van der Waals surface area contributed by atoms with Gasteiger partial charge in [-0.15, -0.1) is 0 Å². The minimum atomic E-state index is -2.61. The zero-order valence-corrected chi connectivity index (χ0v) is 24.0. The Morgan fingerprint density at radius 2 is 1.71 bits per heavy atom. The van der Waals surface area contributed by atoms with E-state index in [0.29, 0.717) is 17.9 Å². The Balaban J connectivity index is 0.000000182. The van der Waals surface area contributed by atoms with E-state index in [1.165, 1.54) is 5.69 Å². The Kier molecular flexibility index (Phi) is 8.71. The number of hydrogen-bond acceptors (Lipinski definition) is 6. The van der Waals surface area contributed by atoms with Gasteiger partial charge in [-0.2, -0.15) is 10.4 Å². The van der Waals surface area contributed by atoms with Crippen LogP contribution in [0, 0.1) is 17.2 Å². The van der Waals surface area contributed by atoms with Gasteiger partial charge in [0, 0.05) is 77.8 Å². The highest BCUT2D eigenvalue weighted by molar-refractivity contribution is 7.85. The molecule has 3 fully saturated rings. The summed E-state index contributed by atoms with van der Waals surface area (Å²) in [4.78, 5) is 18.3. The van der Waals surface area contributed by atoms with E-state index in [0.717, 1.165) is 41.5 Å². The fraction of sp³-hybridized carbons (Fsp3) is 0.448. The number of hydrogen-bond donors (Lipinski definition) is 1. The lowest BCUT2D eigenvalue weighted by Gasteiger charge is -2.28. The molecule has 41 heavy (non-hydrogen) atoms. The molecule has 1 amide bonds. The second-order valence-electron chi connectivity index (χ2n) is 10.7. The number of anilines is 1. The normalized spacial score (nSPS) is 19.9. The van der Waals surface area contributed by atoms with E-state index < -0.39 is 22.3 Å². The summed E-state index contributed by atoms with van der Waals surface area (Å²) in [6, 6.07) is 14.1. The number of pyridine rings is 1. The fourth-order valence-corrected chi connectivity index (χ4v) is 6.06. The third-order valence-electron chi connectivity index (χ3n) is 7.69. The van der Waals surface area contributed by atoms with Crippen molar-refractivity contribution >= 4 is 34.0 Å². The second kappa shape index (κ2) is 12.2. The molecule has 3 heterocycles. The lowest BCUT2D eigenvalue weighted by molar-refractivity contribution is -0.129. The first-order valence-electron chi connectivity index (χ1n) is 13.6. The van der Waals surface area contributed by atoms with Crippen LogP contribution in [0.1, 0.15) is 38.5 Å². The van der Waals surface area contributed by atoms with Gasteiger partial charge < -0.3 is 10.2 Å². The van der Waals surface area contributed by atoms with Crippen molar-refractivity contribution in [3.05, 3.63) is 60.0 Å². The summed E-state index contributed by atoms with van der Waals surface area (Å²) < 4.78 is 39.0. The second-order valence-corrected chi connectivity index (χ2v) is 12.8. The number of nitriles is 1. The van der Waals surface area contributed by atoms with E-state index in [1.54, 1.807) is 16.9 Å². The van der Waals surface area contributed by atoms with E-state index in [9.17, 15) is 17.8 Å². The van der Waals surface area contributed by atoms with Gasteiger partial charge in [0.15, 0.2) is 5.82 Å². The SMILES string of the molecule is N#CC1(NC(=O)C2CCC(F)(F)CC2)CC1.O=S1CCN(c2ccc(-c3cnn(-c4ccc(Cl)cn4)c3)cc2)CC1. The molecule has 1 aliphatic heterocycles. The van der Waals surface area contributed by atoms with Crippen LogP contribution in [-0.2, 0) is 15.6 Å². The first kappa shape index (κ1) is 29.1. The van der Waals surface area contributed by atoms with Crippen LogP contribution in [0.25, 0.3) is 16.9 Å². The Labute approximate surface area is 245 Å². The molecule has 1 aromatic carbocycles. The highest BCUT2D eigenvalue weighted by Gasteiger charge is 2.46. The summed E-state index contributed by atoms with van der Waals surface area (Å²) in [7, 11) is -0.653. The van der Waals surface area contributed by atoms with Crippen molar-refractivity contribution < 1.29 is 17.8 Å². The third-order valence-corrected chi connectivity index (χ3v) is 9.19. The number of rotatable bonds is 5. The molecule has 0 atom stereocenters. The summed E-state index contributed by atoms with van der Waals surface area (Å²) in [5.74, 6) is -0.942. The van der Waals surface area contributed by atoms with Gasteiger partial charge in [-0.05, 0) is 55.5 Å². The Bertz CT molecular complexity index is 1420. The van der Waals surface area contributed by atoms with Crippen LogP contribution >= 0.6 is 11.6 Å². The van der Waals surface area contributed by atoms with Crippen LogP contribution < -0.4 is 10.2 Å². The molecule has 216 valence electrons. The number of carbonyl (C=O) groups excluding carboxylic acids is 1. The van der Waals surface area contributed by atoms with Gasteiger partial charge in [0.2, 0.25) is 11.8 Å². The average molecular weight is 601 g/mol. The number of alkyl halides is 2. The zero-order valence-electron chi connectivity index (χ0n) is 22.4. The molecule has 1 N–H and O–H groups in total. The smallest absolute Gasteiger partial charge is 0.248 e. The number of nitrogens with zero attached hydrogens (tertiary/aromatic N) is 5. The Hall–Kier alpha value is -3.36. The number of benzene rings is 1. The number of carbonyl (C=O) groups is 1. The van der Waals surface area contributed by atoms with Gasteiger partial charge in [0.25, 0.3) is 0 Å². The van der Waals surface area contributed by atoms with E-state index in [-0.39, 0.29) is 37.5 Å². The van der Waals surface area contributed by atoms with Crippen LogP contribution in [-0.4, -0.2) is 60.9 Å². The van der Waals surface area contributed by atoms with Crippen molar-refractivity contribution in [1.82, 2.24) is 20.1 Å². The molecule has 0 bridgehead atoms. The molecule has 8 nitrogen and oxygen atoms in total. The predicted molar refractivity (Wildman–Crippen MR) is 155 cm³/mol. The van der Waals surface area contributed by atoms with Crippen LogP contribution in [0.15, 0.2) is 55.0 Å². The largest absolute Gasteiger partial charge is 0.370 e. The molecule has 0 radical (unpaired) electrons. The molecule has 3 aromatic rings. The number of halogens is 3. The predicted octanol–water partition coefficient (Wildman–Crippen LogP) is 5.14. The average Bonchev–Trinajstić information content (AvgIpc) is 3.57. The summed E-state index contributed by atoms with van der Waals surface area (Å²) >= 11 is 5.87. The zero-order chi connectivity index (χ0) is 29.0. The molecule has 0 unspecified atom stereocenters. The standard InChI is InChI=1S/C18H17ClN4OS.C11H14F2N2O/c19-16-3-6-18(20-12-16)23-13-15(11-21-23)14-1-4-17(5-2-14)22-7-9-25(24)10-8-22;12-11(13)3-1-8(2-4-11)9(16)15-10(7-14)5-6-10/h1-6,11-13H,7-10H2;8H,1-6H2,(H,15,16). The van der Waals surface area contributed by atoms with Crippen LogP contribution in [0.3, 0.4) is 0 Å².